The van der Waals surface area contributed by atoms with Gasteiger partial charge < -0.3 is 15.1 Å². The number of fused-ring (bicyclic) bond motifs is 1. The molecule has 9 heteroatoms. The Labute approximate surface area is 166 Å². The molecule has 6 nitrogen and oxygen atoms in total. The molecule has 1 aliphatic heterocycles. The van der Waals surface area contributed by atoms with Crippen molar-refractivity contribution in [2.75, 3.05) is 38.6 Å². The van der Waals surface area contributed by atoms with Gasteiger partial charge in [-0.2, -0.15) is 18.4 Å². The number of hydrogen-bond donors (Lipinski definition) is 1. The zero-order valence-corrected chi connectivity index (χ0v) is 16.2. The lowest BCUT2D eigenvalue weighted by atomic mass is 9.92. The summed E-state index contributed by atoms with van der Waals surface area (Å²) in [5, 5.41) is 12.6. The second-order valence-corrected chi connectivity index (χ2v) is 7.53. The third-order valence-corrected chi connectivity index (χ3v) is 4.95. The normalized spacial score (nSPS) is 20.0. The Hall–Kier alpha value is -2.86. The maximum atomic E-state index is 13.6. The summed E-state index contributed by atoms with van der Waals surface area (Å²) < 4.78 is 40.7. The predicted octanol–water partition coefficient (Wildman–Crippen LogP) is 2.54. The number of amides is 1. The van der Waals surface area contributed by atoms with Crippen LogP contribution in [0.15, 0.2) is 30.5 Å². The fourth-order valence-corrected chi connectivity index (χ4v) is 3.72. The Morgan fingerprint density at radius 1 is 1.34 bits per heavy atom. The molecule has 2 heterocycles. The molecule has 0 bridgehead atoms. The fourth-order valence-electron chi connectivity index (χ4n) is 3.72. The summed E-state index contributed by atoms with van der Waals surface area (Å²) in [6.45, 7) is 0.151. The second-order valence-electron chi connectivity index (χ2n) is 7.53. The number of hydrogen-bond acceptors (Lipinski definition) is 5. The van der Waals surface area contributed by atoms with E-state index in [-0.39, 0.29) is 32.0 Å². The Morgan fingerprint density at radius 3 is 2.76 bits per heavy atom. The molecule has 1 N–H and O–H groups in total. The van der Waals surface area contributed by atoms with Crippen LogP contribution in [-0.2, 0) is 4.79 Å². The molecule has 1 amide bonds. The van der Waals surface area contributed by atoms with Gasteiger partial charge in [0.05, 0.1) is 23.5 Å². The van der Waals surface area contributed by atoms with Crippen LogP contribution in [0.3, 0.4) is 0 Å². The van der Waals surface area contributed by atoms with Gasteiger partial charge in [-0.25, -0.2) is 0 Å². The van der Waals surface area contributed by atoms with Crippen molar-refractivity contribution < 1.29 is 18.0 Å². The van der Waals surface area contributed by atoms with Crippen LogP contribution in [0.2, 0.25) is 0 Å². The van der Waals surface area contributed by atoms with Crippen molar-refractivity contribution in [1.29, 1.82) is 5.26 Å². The molecule has 0 spiro atoms. The van der Waals surface area contributed by atoms with Crippen LogP contribution in [0.1, 0.15) is 12.0 Å². The maximum Gasteiger partial charge on any atom is 0.393 e. The zero-order valence-electron chi connectivity index (χ0n) is 16.2. The minimum Gasteiger partial charge on any atom is -0.368 e. The van der Waals surface area contributed by atoms with E-state index < -0.39 is 18.1 Å². The van der Waals surface area contributed by atoms with Gasteiger partial charge in [-0.1, -0.05) is 0 Å². The molecule has 0 aliphatic carbocycles. The summed E-state index contributed by atoms with van der Waals surface area (Å²) in [5.41, 5.74) is 1.40. The molecule has 154 valence electrons. The first-order chi connectivity index (χ1) is 13.7. The highest BCUT2D eigenvalue weighted by atomic mass is 19.4. The third-order valence-electron chi connectivity index (χ3n) is 4.95. The number of nitrogens with one attached hydrogen (secondary N) is 1. The molecule has 1 saturated heterocycles. The monoisotopic (exact) mass is 405 g/mol. The van der Waals surface area contributed by atoms with Gasteiger partial charge in [0, 0.05) is 36.4 Å². The van der Waals surface area contributed by atoms with Crippen LogP contribution in [-0.4, -0.2) is 61.7 Å². The number of rotatable bonds is 4. The number of anilines is 1. The predicted molar refractivity (Wildman–Crippen MR) is 103 cm³/mol. The Kier molecular flexibility index (Phi) is 5.94. The van der Waals surface area contributed by atoms with Gasteiger partial charge in [0.1, 0.15) is 6.07 Å². The summed E-state index contributed by atoms with van der Waals surface area (Å²) in [5.74, 6) is -1.88. The molecule has 1 aromatic carbocycles. The van der Waals surface area contributed by atoms with E-state index in [0.717, 1.165) is 0 Å². The largest absolute Gasteiger partial charge is 0.393 e. The number of likely N-dealkylation sites (N-methyl/N-ethyl adjacent to an activating group) is 1. The van der Waals surface area contributed by atoms with Crippen molar-refractivity contribution in [2.45, 2.75) is 18.6 Å². The van der Waals surface area contributed by atoms with Crippen LogP contribution in [0, 0.1) is 17.2 Å². The molecule has 29 heavy (non-hydrogen) atoms. The van der Waals surface area contributed by atoms with E-state index in [0.29, 0.717) is 22.2 Å². The van der Waals surface area contributed by atoms with Crippen molar-refractivity contribution in [2.24, 2.45) is 5.92 Å². The quantitative estimate of drug-likeness (QED) is 0.847. The van der Waals surface area contributed by atoms with Crippen molar-refractivity contribution >= 4 is 22.5 Å². The van der Waals surface area contributed by atoms with Crippen LogP contribution in [0.5, 0.6) is 0 Å². The maximum absolute atomic E-state index is 13.6. The number of carbonyl (C=O) groups excluding carboxylic acids is 1. The highest BCUT2D eigenvalue weighted by molar-refractivity contribution is 5.95. The summed E-state index contributed by atoms with van der Waals surface area (Å²) in [6.07, 6.45) is -2.98. The second kappa shape index (κ2) is 8.25. The van der Waals surface area contributed by atoms with E-state index in [1.54, 1.807) is 54.4 Å². The smallest absolute Gasteiger partial charge is 0.368 e. The number of pyridine rings is 1. The molecule has 2 aromatic rings. The highest BCUT2D eigenvalue weighted by Crippen LogP contribution is 2.37. The van der Waals surface area contributed by atoms with Crippen molar-refractivity contribution in [3.63, 3.8) is 0 Å². The van der Waals surface area contributed by atoms with Crippen LogP contribution < -0.4 is 10.2 Å². The molecular weight excluding hydrogens is 383 g/mol. The number of nitrogens with zero attached hydrogens (tertiary/aromatic N) is 4. The lowest BCUT2D eigenvalue weighted by Gasteiger charge is -2.40. The van der Waals surface area contributed by atoms with Gasteiger partial charge in [0.25, 0.3) is 0 Å². The van der Waals surface area contributed by atoms with Crippen molar-refractivity contribution in [3.8, 4) is 6.07 Å². The van der Waals surface area contributed by atoms with Crippen molar-refractivity contribution in [3.05, 3.63) is 36.0 Å². The molecule has 0 radical (unpaired) electrons. The van der Waals surface area contributed by atoms with Crippen LogP contribution in [0.25, 0.3) is 10.9 Å². The average Bonchev–Trinajstić information content (AvgIpc) is 2.65. The zero-order chi connectivity index (χ0) is 21.2. The van der Waals surface area contributed by atoms with E-state index in [1.165, 1.54) is 0 Å². The molecule has 1 aliphatic rings. The Balaban J connectivity index is 1.94. The van der Waals surface area contributed by atoms with E-state index in [1.807, 2.05) is 0 Å². The van der Waals surface area contributed by atoms with Gasteiger partial charge in [-0.3, -0.25) is 9.78 Å². The summed E-state index contributed by atoms with van der Waals surface area (Å²) in [4.78, 5) is 19.6. The number of benzene rings is 1. The van der Waals surface area contributed by atoms with E-state index in [4.69, 9.17) is 0 Å². The van der Waals surface area contributed by atoms with E-state index >= 15 is 0 Å². The Morgan fingerprint density at radius 2 is 2.10 bits per heavy atom. The van der Waals surface area contributed by atoms with Gasteiger partial charge in [0.2, 0.25) is 5.91 Å². The van der Waals surface area contributed by atoms with Gasteiger partial charge in [0.15, 0.2) is 0 Å². The first-order valence-electron chi connectivity index (χ1n) is 9.22. The number of piperidine rings is 1. The van der Waals surface area contributed by atoms with Crippen LogP contribution >= 0.6 is 0 Å². The molecule has 1 fully saturated rings. The average molecular weight is 405 g/mol. The lowest BCUT2D eigenvalue weighted by molar-refractivity contribution is -0.178. The van der Waals surface area contributed by atoms with Gasteiger partial charge in [-0.15, -0.1) is 0 Å². The highest BCUT2D eigenvalue weighted by Gasteiger charge is 2.45. The first-order valence-corrected chi connectivity index (χ1v) is 9.22. The number of halogens is 3. The topological polar surface area (TPSA) is 72.3 Å². The molecule has 0 saturated carbocycles. The number of carbonyl (C=O) groups is 1. The first kappa shape index (κ1) is 20.9. The number of nitriles is 1. The Bertz CT molecular complexity index is 938. The van der Waals surface area contributed by atoms with Gasteiger partial charge >= 0.3 is 6.18 Å². The summed E-state index contributed by atoms with van der Waals surface area (Å²) in [6, 6.07) is 8.09. The van der Waals surface area contributed by atoms with E-state index in [9.17, 15) is 23.2 Å². The summed E-state index contributed by atoms with van der Waals surface area (Å²) >= 11 is 0. The fraction of sp³-hybridized carbons (Fsp3) is 0.450. The minimum absolute atomic E-state index is 0.108. The molecule has 3 rings (SSSR count). The van der Waals surface area contributed by atoms with E-state index in [2.05, 4.69) is 16.4 Å². The van der Waals surface area contributed by atoms with Crippen molar-refractivity contribution in [1.82, 2.24) is 15.2 Å². The lowest BCUT2D eigenvalue weighted by Crippen LogP contribution is -2.54. The standard InChI is InChI=1S/C20H22F3N5O/c1-27(2)12-18(29)26-15-8-14(20(21,22)23)10-28(11-15)17-6-5-13(9-24)19-16(17)4-3-7-25-19/h3-7,14-15H,8,10-12H2,1-2H3,(H,26,29). The number of aromatic nitrogens is 1. The molecule has 2 unspecified atom stereocenters. The SMILES string of the molecule is CN(C)CC(=O)NC1CC(C(F)(F)F)CN(c2ccc(C#N)c3ncccc23)C1. The summed E-state index contributed by atoms with van der Waals surface area (Å²) in [7, 11) is 3.45. The molecule has 2 atom stereocenters. The van der Waals surface area contributed by atoms with Gasteiger partial charge in [-0.05, 0) is 44.8 Å². The number of alkyl halides is 3. The minimum atomic E-state index is -4.37. The third kappa shape index (κ3) is 4.77. The van der Waals surface area contributed by atoms with Crippen LogP contribution in [0.4, 0.5) is 18.9 Å². The molecular formula is C20H22F3N5O. The molecule has 1 aromatic heterocycles.